The molecule has 0 fully saturated rings. The second kappa shape index (κ2) is 5.93. The molecule has 0 spiro atoms. The Hall–Kier alpha value is -1.75. The molecule has 0 bridgehead atoms. The fourth-order valence-electron chi connectivity index (χ4n) is 2.04. The van der Waals surface area contributed by atoms with E-state index in [1.165, 1.54) is 0 Å². The van der Waals surface area contributed by atoms with E-state index in [4.69, 9.17) is 15.2 Å². The molecule has 19 heavy (non-hydrogen) atoms. The number of amides is 1. The normalized spacial score (nSPS) is 12.6. The number of carbonyl (C=O) groups is 1. The molecule has 5 nitrogen and oxygen atoms in total. The number of nitrogens with zero attached hydrogens (tertiary/aromatic N) is 1. The first kappa shape index (κ1) is 13.7. The lowest BCUT2D eigenvalue weighted by atomic mass is 10.1. The summed E-state index contributed by atoms with van der Waals surface area (Å²) in [6, 6.07) is 3.90. The van der Waals surface area contributed by atoms with Gasteiger partial charge in [-0.05, 0) is 43.1 Å². The highest BCUT2D eigenvalue weighted by Crippen LogP contribution is 2.34. The zero-order valence-electron chi connectivity index (χ0n) is 11.4. The predicted octanol–water partition coefficient (Wildman–Crippen LogP) is 1.42. The highest BCUT2D eigenvalue weighted by molar-refractivity contribution is 5.75. The van der Waals surface area contributed by atoms with Gasteiger partial charge in [-0.1, -0.05) is 0 Å². The average molecular weight is 264 g/mol. The summed E-state index contributed by atoms with van der Waals surface area (Å²) < 4.78 is 10.7. The quantitative estimate of drug-likeness (QED) is 0.873. The molecular formula is C14H20N2O3. The van der Waals surface area contributed by atoms with E-state index in [1.807, 2.05) is 26.1 Å². The van der Waals surface area contributed by atoms with Gasteiger partial charge in [-0.15, -0.1) is 0 Å². The average Bonchev–Trinajstić information content (AvgIpc) is 2.83. The highest BCUT2D eigenvalue weighted by atomic mass is 16.7. The van der Waals surface area contributed by atoms with Gasteiger partial charge in [0.1, 0.15) is 0 Å². The lowest BCUT2D eigenvalue weighted by Gasteiger charge is -2.18. The Morgan fingerprint density at radius 2 is 2.05 bits per heavy atom. The topological polar surface area (TPSA) is 64.8 Å². The van der Waals surface area contributed by atoms with Gasteiger partial charge in [0, 0.05) is 20.0 Å². The van der Waals surface area contributed by atoms with Crippen molar-refractivity contribution in [3.05, 3.63) is 23.3 Å². The molecule has 0 saturated carbocycles. The number of nitrogens with two attached hydrogens (primary N) is 1. The molecule has 0 aromatic heterocycles. The molecule has 0 saturated heterocycles. The highest BCUT2D eigenvalue weighted by Gasteiger charge is 2.17. The summed E-state index contributed by atoms with van der Waals surface area (Å²) in [7, 11) is 1.81. The van der Waals surface area contributed by atoms with E-state index >= 15 is 0 Å². The minimum atomic E-state index is 0.113. The van der Waals surface area contributed by atoms with Gasteiger partial charge in [0.05, 0.1) is 0 Å². The maximum atomic E-state index is 11.9. The van der Waals surface area contributed by atoms with Crippen LogP contribution in [0.3, 0.4) is 0 Å². The van der Waals surface area contributed by atoms with Crippen LogP contribution in [-0.4, -0.2) is 31.2 Å². The molecular weight excluding hydrogens is 244 g/mol. The van der Waals surface area contributed by atoms with E-state index in [0.29, 0.717) is 19.5 Å². The molecule has 2 N–H and O–H groups in total. The second-order valence-corrected chi connectivity index (χ2v) is 4.77. The van der Waals surface area contributed by atoms with Crippen LogP contribution in [-0.2, 0) is 11.3 Å². The van der Waals surface area contributed by atoms with Crippen LogP contribution < -0.4 is 15.2 Å². The Kier molecular flexibility index (Phi) is 4.27. The Morgan fingerprint density at radius 3 is 2.74 bits per heavy atom. The molecule has 5 heteroatoms. The van der Waals surface area contributed by atoms with Crippen LogP contribution >= 0.6 is 0 Å². The molecule has 1 heterocycles. The minimum Gasteiger partial charge on any atom is -0.454 e. The van der Waals surface area contributed by atoms with Gasteiger partial charge in [-0.25, -0.2) is 0 Å². The third-order valence-corrected chi connectivity index (χ3v) is 3.26. The van der Waals surface area contributed by atoms with E-state index in [9.17, 15) is 4.79 Å². The van der Waals surface area contributed by atoms with Gasteiger partial charge >= 0.3 is 0 Å². The van der Waals surface area contributed by atoms with Gasteiger partial charge in [0.25, 0.3) is 0 Å². The van der Waals surface area contributed by atoms with Crippen molar-refractivity contribution in [3.8, 4) is 11.5 Å². The van der Waals surface area contributed by atoms with E-state index in [-0.39, 0.29) is 12.7 Å². The second-order valence-electron chi connectivity index (χ2n) is 4.77. The SMILES string of the molecule is Cc1cc2c(cc1CN(C)C(=O)CCCN)OCO2. The largest absolute Gasteiger partial charge is 0.454 e. The van der Waals surface area contributed by atoms with Crippen LogP contribution in [0.1, 0.15) is 24.0 Å². The number of benzene rings is 1. The van der Waals surface area contributed by atoms with Crippen molar-refractivity contribution in [3.63, 3.8) is 0 Å². The summed E-state index contributed by atoms with van der Waals surface area (Å²) in [6.07, 6.45) is 1.22. The first-order valence-corrected chi connectivity index (χ1v) is 6.45. The Bertz CT molecular complexity index is 474. The predicted molar refractivity (Wildman–Crippen MR) is 72.1 cm³/mol. The standard InChI is InChI=1S/C14H20N2O3/c1-10-6-12-13(19-9-18-12)7-11(10)8-16(2)14(17)4-3-5-15/h6-7H,3-5,8-9,15H2,1-2H3. The van der Waals surface area contributed by atoms with E-state index in [0.717, 1.165) is 29.0 Å². The van der Waals surface area contributed by atoms with Crippen LogP contribution in [0.25, 0.3) is 0 Å². The van der Waals surface area contributed by atoms with Crippen molar-refractivity contribution in [2.75, 3.05) is 20.4 Å². The number of carbonyl (C=O) groups excluding carboxylic acids is 1. The van der Waals surface area contributed by atoms with Gasteiger partial charge in [0.15, 0.2) is 11.5 Å². The maximum absolute atomic E-state index is 11.9. The molecule has 1 amide bonds. The third kappa shape index (κ3) is 3.17. The van der Waals surface area contributed by atoms with Crippen molar-refractivity contribution in [1.29, 1.82) is 0 Å². The fraction of sp³-hybridized carbons (Fsp3) is 0.500. The number of ether oxygens (including phenoxy) is 2. The summed E-state index contributed by atoms with van der Waals surface area (Å²) in [5, 5.41) is 0. The fourth-order valence-corrected chi connectivity index (χ4v) is 2.04. The first-order valence-electron chi connectivity index (χ1n) is 6.45. The lowest BCUT2D eigenvalue weighted by Crippen LogP contribution is -2.26. The smallest absolute Gasteiger partial charge is 0.231 e. The Morgan fingerprint density at radius 1 is 1.37 bits per heavy atom. The van der Waals surface area contributed by atoms with Crippen molar-refractivity contribution in [1.82, 2.24) is 4.90 Å². The van der Waals surface area contributed by atoms with Crippen LogP contribution in [0.5, 0.6) is 11.5 Å². The zero-order valence-corrected chi connectivity index (χ0v) is 11.4. The number of fused-ring (bicyclic) bond motifs is 1. The number of aryl methyl sites for hydroxylation is 1. The third-order valence-electron chi connectivity index (χ3n) is 3.26. The summed E-state index contributed by atoms with van der Waals surface area (Å²) in [6.45, 7) is 3.40. The van der Waals surface area contributed by atoms with Crippen molar-refractivity contribution < 1.29 is 14.3 Å². The molecule has 1 aromatic rings. The van der Waals surface area contributed by atoms with Gasteiger partial charge < -0.3 is 20.1 Å². The monoisotopic (exact) mass is 264 g/mol. The molecule has 104 valence electrons. The summed E-state index contributed by atoms with van der Waals surface area (Å²) >= 11 is 0. The Balaban J connectivity index is 2.04. The zero-order chi connectivity index (χ0) is 13.8. The molecule has 0 radical (unpaired) electrons. The summed E-state index contributed by atoms with van der Waals surface area (Å²) in [5.74, 6) is 1.64. The van der Waals surface area contributed by atoms with Gasteiger partial charge in [0.2, 0.25) is 12.7 Å². The van der Waals surface area contributed by atoms with Crippen LogP contribution in [0, 0.1) is 6.92 Å². The molecule has 1 aliphatic heterocycles. The molecule has 2 rings (SSSR count). The van der Waals surface area contributed by atoms with Crippen molar-refractivity contribution in [2.24, 2.45) is 5.73 Å². The van der Waals surface area contributed by atoms with Crippen LogP contribution in [0.2, 0.25) is 0 Å². The van der Waals surface area contributed by atoms with Crippen LogP contribution in [0.15, 0.2) is 12.1 Å². The molecule has 0 aliphatic carbocycles. The van der Waals surface area contributed by atoms with E-state index < -0.39 is 0 Å². The van der Waals surface area contributed by atoms with E-state index in [2.05, 4.69) is 0 Å². The van der Waals surface area contributed by atoms with Crippen molar-refractivity contribution in [2.45, 2.75) is 26.3 Å². The van der Waals surface area contributed by atoms with Crippen molar-refractivity contribution >= 4 is 5.91 Å². The van der Waals surface area contributed by atoms with Crippen LogP contribution in [0.4, 0.5) is 0 Å². The minimum absolute atomic E-state index is 0.113. The van der Waals surface area contributed by atoms with Gasteiger partial charge in [-0.2, -0.15) is 0 Å². The summed E-state index contributed by atoms with van der Waals surface area (Å²) in [5.41, 5.74) is 7.59. The molecule has 1 aromatic carbocycles. The number of hydrogen-bond donors (Lipinski definition) is 1. The first-order chi connectivity index (χ1) is 9.11. The van der Waals surface area contributed by atoms with Gasteiger partial charge in [-0.3, -0.25) is 4.79 Å². The summed E-state index contributed by atoms with van der Waals surface area (Å²) in [4.78, 5) is 13.6. The molecule has 1 aliphatic rings. The number of rotatable bonds is 5. The molecule has 0 unspecified atom stereocenters. The number of hydrogen-bond acceptors (Lipinski definition) is 4. The lowest BCUT2D eigenvalue weighted by molar-refractivity contribution is -0.130. The Labute approximate surface area is 113 Å². The van der Waals surface area contributed by atoms with E-state index in [1.54, 1.807) is 4.90 Å². The maximum Gasteiger partial charge on any atom is 0.231 e. The molecule has 0 atom stereocenters.